The van der Waals surface area contributed by atoms with E-state index >= 15 is 0 Å². The predicted molar refractivity (Wildman–Crippen MR) is 109 cm³/mol. The molecule has 8 nitrogen and oxygen atoms in total. The summed E-state index contributed by atoms with van der Waals surface area (Å²) in [5.41, 5.74) is 7.10. The zero-order chi connectivity index (χ0) is 21.2. The van der Waals surface area contributed by atoms with Crippen LogP contribution in [0.15, 0.2) is 46.4 Å². The van der Waals surface area contributed by atoms with Crippen molar-refractivity contribution in [3.63, 3.8) is 0 Å². The van der Waals surface area contributed by atoms with Gasteiger partial charge in [0.15, 0.2) is 0 Å². The number of hydrogen-bond acceptors (Lipinski definition) is 8. The molecule has 0 bridgehead atoms. The topological polar surface area (TPSA) is 127 Å². The fraction of sp³-hybridized carbons (Fsp3) is 0.400. The van der Waals surface area contributed by atoms with E-state index < -0.39 is 17.8 Å². The lowest BCUT2D eigenvalue weighted by atomic mass is 9.83. The maximum atomic E-state index is 12.9. The number of nitrogens with two attached hydrogens (primary N) is 1. The van der Waals surface area contributed by atoms with Gasteiger partial charge >= 0.3 is 5.97 Å². The van der Waals surface area contributed by atoms with E-state index in [0.29, 0.717) is 40.6 Å². The van der Waals surface area contributed by atoms with Crippen molar-refractivity contribution in [2.75, 3.05) is 25.6 Å². The quantitative estimate of drug-likeness (QED) is 0.438. The van der Waals surface area contributed by atoms with Gasteiger partial charge < -0.3 is 20.5 Å². The summed E-state index contributed by atoms with van der Waals surface area (Å²) in [4.78, 5) is 28.2. The maximum Gasteiger partial charge on any atom is 0.336 e. The van der Waals surface area contributed by atoms with Crippen molar-refractivity contribution in [1.82, 2.24) is 10.3 Å². The molecule has 1 unspecified atom stereocenters. The summed E-state index contributed by atoms with van der Waals surface area (Å²) in [6.45, 7) is 4.74. The summed E-state index contributed by atoms with van der Waals surface area (Å²) < 4.78 is 10.7. The third-order valence-electron chi connectivity index (χ3n) is 4.05. The maximum absolute atomic E-state index is 12.9. The normalized spacial score (nSPS) is 16.2. The lowest BCUT2D eigenvalue weighted by molar-refractivity contribution is -0.141. The van der Waals surface area contributed by atoms with Crippen LogP contribution in [0.4, 0.5) is 0 Å². The summed E-state index contributed by atoms with van der Waals surface area (Å²) in [6, 6.07) is 5.69. The Balaban J connectivity index is 2.33. The highest BCUT2D eigenvalue weighted by atomic mass is 32.2. The number of carbonyl (C=O) groups is 2. The van der Waals surface area contributed by atoms with Crippen molar-refractivity contribution in [1.29, 1.82) is 5.26 Å². The Morgan fingerprint density at radius 1 is 1.38 bits per heavy atom. The largest absolute Gasteiger partial charge is 0.460 e. The molecule has 29 heavy (non-hydrogen) atoms. The van der Waals surface area contributed by atoms with Gasteiger partial charge in [0.05, 0.1) is 40.5 Å². The van der Waals surface area contributed by atoms with Gasteiger partial charge in [-0.3, -0.25) is 9.78 Å². The molecule has 9 heteroatoms. The summed E-state index contributed by atoms with van der Waals surface area (Å²) >= 11 is 1.13. The third-order valence-corrected chi connectivity index (χ3v) is 5.09. The zero-order valence-electron chi connectivity index (χ0n) is 16.4. The summed E-state index contributed by atoms with van der Waals surface area (Å²) in [7, 11) is 0. The van der Waals surface area contributed by atoms with Crippen molar-refractivity contribution in [3.8, 4) is 6.07 Å². The summed E-state index contributed by atoms with van der Waals surface area (Å²) in [6.07, 6.45) is 4.10. The smallest absolute Gasteiger partial charge is 0.336 e. The van der Waals surface area contributed by atoms with Gasteiger partial charge in [-0.05, 0) is 25.0 Å². The van der Waals surface area contributed by atoms with Gasteiger partial charge in [-0.1, -0.05) is 24.8 Å². The number of aromatic nitrogens is 1. The Labute approximate surface area is 174 Å². The number of primary amides is 1. The van der Waals surface area contributed by atoms with Gasteiger partial charge in [0.25, 0.3) is 0 Å². The fourth-order valence-corrected chi connectivity index (χ4v) is 3.67. The molecule has 1 atom stereocenters. The minimum atomic E-state index is -0.658. The highest BCUT2D eigenvalue weighted by Crippen LogP contribution is 2.40. The number of rotatable bonds is 10. The molecule has 2 heterocycles. The van der Waals surface area contributed by atoms with E-state index in [1.807, 2.05) is 6.92 Å². The Kier molecular flexibility index (Phi) is 8.70. The number of allylic oxidation sites excluding steroid dienone is 2. The van der Waals surface area contributed by atoms with E-state index in [0.717, 1.165) is 18.2 Å². The first-order valence-electron chi connectivity index (χ1n) is 9.17. The van der Waals surface area contributed by atoms with Crippen LogP contribution < -0.4 is 11.1 Å². The molecule has 0 radical (unpaired) electrons. The van der Waals surface area contributed by atoms with Crippen LogP contribution in [0.1, 0.15) is 31.7 Å². The van der Waals surface area contributed by atoms with E-state index in [-0.39, 0.29) is 12.4 Å². The van der Waals surface area contributed by atoms with Crippen LogP contribution >= 0.6 is 11.8 Å². The van der Waals surface area contributed by atoms with Crippen molar-refractivity contribution in [2.24, 2.45) is 5.73 Å². The summed E-state index contributed by atoms with van der Waals surface area (Å²) in [5, 5.41) is 13.4. The standard InChI is InChI=1S/C20H24N4O4S/c1-3-7-27-8-9-28-20(26)17-13(2)24-19(29-12-16(22)25)15(10-21)18(17)14-5-4-6-23-11-14/h4-6,11,18,24H,3,7-9,12H2,1-2H3,(H2,22,25). The molecule has 0 aromatic carbocycles. The average molecular weight is 417 g/mol. The number of hydrogen-bond donors (Lipinski definition) is 2. The first kappa shape index (κ1) is 22.5. The van der Waals surface area contributed by atoms with Crippen LogP contribution in [0.25, 0.3) is 0 Å². The monoisotopic (exact) mass is 416 g/mol. The van der Waals surface area contributed by atoms with Crippen molar-refractivity contribution < 1.29 is 19.1 Å². The van der Waals surface area contributed by atoms with Crippen LogP contribution in [0, 0.1) is 11.3 Å². The van der Waals surface area contributed by atoms with Crippen LogP contribution in [-0.4, -0.2) is 42.4 Å². The van der Waals surface area contributed by atoms with Crippen LogP contribution in [0.2, 0.25) is 0 Å². The Morgan fingerprint density at radius 3 is 2.79 bits per heavy atom. The van der Waals surface area contributed by atoms with E-state index in [4.69, 9.17) is 15.2 Å². The van der Waals surface area contributed by atoms with Crippen LogP contribution in [0.5, 0.6) is 0 Å². The van der Waals surface area contributed by atoms with Crippen LogP contribution in [0.3, 0.4) is 0 Å². The molecule has 0 aliphatic carbocycles. The molecule has 0 fully saturated rings. The molecule has 3 N–H and O–H groups in total. The van der Waals surface area contributed by atoms with Gasteiger partial charge in [0.2, 0.25) is 5.91 Å². The fourth-order valence-electron chi connectivity index (χ4n) is 2.84. The van der Waals surface area contributed by atoms with Gasteiger partial charge in [-0.25, -0.2) is 4.79 Å². The number of esters is 1. The number of amides is 1. The van der Waals surface area contributed by atoms with E-state index in [1.54, 1.807) is 31.5 Å². The number of ether oxygens (including phenoxy) is 2. The highest BCUT2D eigenvalue weighted by Gasteiger charge is 2.35. The minimum absolute atomic E-state index is 0.00903. The lowest BCUT2D eigenvalue weighted by Gasteiger charge is -2.29. The molecule has 0 spiro atoms. The zero-order valence-corrected chi connectivity index (χ0v) is 17.3. The van der Waals surface area contributed by atoms with Crippen LogP contribution in [-0.2, 0) is 19.1 Å². The predicted octanol–water partition coefficient (Wildman–Crippen LogP) is 1.97. The summed E-state index contributed by atoms with van der Waals surface area (Å²) in [5.74, 6) is -1.68. The average Bonchev–Trinajstić information content (AvgIpc) is 2.71. The van der Waals surface area contributed by atoms with E-state index in [1.165, 1.54) is 0 Å². The molecular weight excluding hydrogens is 392 g/mol. The Hall–Kier alpha value is -2.83. The van der Waals surface area contributed by atoms with Crippen molar-refractivity contribution in [3.05, 3.63) is 52.0 Å². The molecule has 154 valence electrons. The molecule has 0 saturated carbocycles. The van der Waals surface area contributed by atoms with Gasteiger partial charge in [0.1, 0.15) is 6.61 Å². The second-order valence-electron chi connectivity index (χ2n) is 6.24. The molecule has 1 aliphatic heterocycles. The molecule has 2 rings (SSSR count). The SMILES string of the molecule is CCCOCCOC(=O)C1=C(C)NC(SCC(N)=O)=C(C#N)C1c1cccnc1. The Morgan fingerprint density at radius 2 is 2.17 bits per heavy atom. The number of nitrogens with one attached hydrogen (secondary N) is 1. The first-order chi connectivity index (χ1) is 14.0. The second kappa shape index (κ2) is 11.2. The van der Waals surface area contributed by atoms with Crippen molar-refractivity contribution >= 4 is 23.6 Å². The first-order valence-corrected chi connectivity index (χ1v) is 10.2. The number of dihydropyridines is 1. The molecular formula is C20H24N4O4S. The van der Waals surface area contributed by atoms with E-state index in [2.05, 4.69) is 16.4 Å². The number of pyridine rings is 1. The number of thioether (sulfide) groups is 1. The van der Waals surface area contributed by atoms with Gasteiger partial charge in [0, 0.05) is 24.7 Å². The molecule has 0 saturated heterocycles. The number of carbonyl (C=O) groups excluding carboxylic acids is 2. The minimum Gasteiger partial charge on any atom is -0.460 e. The third kappa shape index (κ3) is 6.07. The van der Waals surface area contributed by atoms with Gasteiger partial charge in [-0.2, -0.15) is 5.26 Å². The molecule has 1 aromatic rings. The number of nitriles is 1. The molecule has 1 aromatic heterocycles. The molecule has 1 aliphatic rings. The lowest BCUT2D eigenvalue weighted by Crippen LogP contribution is -2.30. The van der Waals surface area contributed by atoms with E-state index in [9.17, 15) is 14.9 Å². The Bertz CT molecular complexity index is 846. The van der Waals surface area contributed by atoms with Crippen molar-refractivity contribution in [2.45, 2.75) is 26.2 Å². The van der Waals surface area contributed by atoms with Gasteiger partial charge in [-0.15, -0.1) is 0 Å². The number of nitrogens with zero attached hydrogens (tertiary/aromatic N) is 2. The highest BCUT2D eigenvalue weighted by molar-refractivity contribution is 8.03. The molecule has 1 amide bonds. The second-order valence-corrected chi connectivity index (χ2v) is 7.23.